The van der Waals surface area contributed by atoms with E-state index in [2.05, 4.69) is 15.0 Å². The van der Waals surface area contributed by atoms with E-state index in [0.29, 0.717) is 0 Å². The Hall–Kier alpha value is -2.00. The summed E-state index contributed by atoms with van der Waals surface area (Å²) in [5.41, 5.74) is 3.25. The third-order valence-electron chi connectivity index (χ3n) is 4.22. The number of hydrogen-bond acceptors (Lipinski definition) is 6. The average molecular weight is 297 g/mol. The van der Waals surface area contributed by atoms with E-state index in [-0.39, 0.29) is 30.1 Å². The summed E-state index contributed by atoms with van der Waals surface area (Å²) in [7, 11) is 0. The molecule has 1 unspecified atom stereocenters. The van der Waals surface area contributed by atoms with Gasteiger partial charge in [0.05, 0.1) is 18.5 Å². The van der Waals surface area contributed by atoms with Gasteiger partial charge in [-0.15, -0.1) is 0 Å². The predicted octanol–water partition coefficient (Wildman–Crippen LogP) is -0.656. The Morgan fingerprint density at radius 1 is 1.67 bits per heavy atom. The van der Waals surface area contributed by atoms with Crippen LogP contribution in [-0.2, 0) is 0 Å². The van der Waals surface area contributed by atoms with Gasteiger partial charge in [-0.1, -0.05) is 0 Å². The summed E-state index contributed by atoms with van der Waals surface area (Å²) in [6.45, 7) is 0.945. The van der Waals surface area contributed by atoms with Gasteiger partial charge in [0.2, 0.25) is 5.95 Å². The highest BCUT2D eigenvalue weighted by atomic mass is 19.1. The molecule has 21 heavy (non-hydrogen) atoms. The van der Waals surface area contributed by atoms with Gasteiger partial charge in [0.1, 0.15) is 0 Å². The van der Waals surface area contributed by atoms with E-state index < -0.39 is 29.3 Å². The molecule has 2 aromatic heterocycles. The quantitative estimate of drug-likeness (QED) is 0.582. The highest BCUT2D eigenvalue weighted by molar-refractivity contribution is 5.70. The topological polar surface area (TPSA) is 130 Å². The number of aliphatic hydroxyl groups is 2. The fourth-order valence-electron chi connectivity index (χ4n) is 3.04. The number of aromatic amines is 1. The van der Waals surface area contributed by atoms with Crippen LogP contribution in [0.5, 0.6) is 0 Å². The van der Waals surface area contributed by atoms with Crippen LogP contribution in [-0.4, -0.2) is 48.1 Å². The van der Waals surface area contributed by atoms with Gasteiger partial charge in [-0.25, -0.2) is 9.37 Å². The van der Waals surface area contributed by atoms with Crippen molar-refractivity contribution in [2.24, 2.45) is 5.92 Å². The summed E-state index contributed by atoms with van der Waals surface area (Å²) in [6.07, 6.45) is 0.218. The average Bonchev–Trinajstić information content (AvgIpc) is 2.91. The number of halogens is 1. The van der Waals surface area contributed by atoms with E-state index in [4.69, 9.17) is 5.73 Å². The summed E-state index contributed by atoms with van der Waals surface area (Å²) in [5.74, 6) is -0.672. The zero-order chi connectivity index (χ0) is 15.4. The molecular weight excluding hydrogens is 281 g/mol. The zero-order valence-corrected chi connectivity index (χ0v) is 11.3. The lowest BCUT2D eigenvalue weighted by Gasteiger charge is -2.27. The number of nitrogens with two attached hydrogens (primary N) is 1. The number of rotatable bonds is 2. The molecule has 1 aliphatic rings. The number of alkyl halides is 1. The first-order chi connectivity index (χ1) is 9.86. The van der Waals surface area contributed by atoms with Crippen molar-refractivity contribution in [3.8, 4) is 0 Å². The number of nitrogen functional groups attached to an aromatic ring is 1. The number of imidazole rings is 1. The Balaban J connectivity index is 2.15. The van der Waals surface area contributed by atoms with Crippen LogP contribution < -0.4 is 11.3 Å². The monoisotopic (exact) mass is 297 g/mol. The standard InChI is InChI=1S/C12H16FN5O3/c1-12(13)6(2-5(3-19)8(12)20)18-4-15-7-9(18)16-11(14)17-10(7)21/h4-6,8,19-20H,2-3H2,1H3,(H3,14,16,17,21)/t5-,6-,8?,12+/m1/s1. The number of nitrogens with one attached hydrogen (secondary N) is 1. The fraction of sp³-hybridized carbons (Fsp3) is 0.583. The molecule has 0 bridgehead atoms. The molecule has 0 aliphatic heterocycles. The van der Waals surface area contributed by atoms with Gasteiger partial charge in [0.15, 0.2) is 16.8 Å². The van der Waals surface area contributed by atoms with Crippen molar-refractivity contribution in [2.75, 3.05) is 12.3 Å². The van der Waals surface area contributed by atoms with E-state index in [1.807, 2.05) is 0 Å². The summed E-state index contributed by atoms with van der Waals surface area (Å²) < 4.78 is 16.2. The van der Waals surface area contributed by atoms with Crippen molar-refractivity contribution >= 4 is 17.1 Å². The number of anilines is 1. The molecule has 1 saturated carbocycles. The van der Waals surface area contributed by atoms with Crippen LogP contribution in [0.4, 0.5) is 10.3 Å². The highest BCUT2D eigenvalue weighted by Crippen LogP contribution is 2.46. The molecule has 114 valence electrons. The van der Waals surface area contributed by atoms with Gasteiger partial charge in [0, 0.05) is 12.5 Å². The number of H-pyrrole nitrogens is 1. The lowest BCUT2D eigenvalue weighted by Crippen LogP contribution is -2.38. The maximum Gasteiger partial charge on any atom is 0.280 e. The van der Waals surface area contributed by atoms with Crippen LogP contribution in [0.15, 0.2) is 11.1 Å². The first-order valence-corrected chi connectivity index (χ1v) is 6.56. The Morgan fingerprint density at radius 2 is 2.38 bits per heavy atom. The first-order valence-electron chi connectivity index (χ1n) is 6.56. The van der Waals surface area contributed by atoms with Crippen molar-refractivity contribution in [3.05, 3.63) is 16.7 Å². The van der Waals surface area contributed by atoms with Gasteiger partial charge in [-0.05, 0) is 13.3 Å². The maximum absolute atomic E-state index is 14.8. The molecule has 2 heterocycles. The summed E-state index contributed by atoms with van der Waals surface area (Å²) in [5, 5.41) is 19.2. The molecule has 2 aromatic rings. The zero-order valence-electron chi connectivity index (χ0n) is 11.3. The second-order valence-corrected chi connectivity index (χ2v) is 5.57. The molecule has 3 rings (SSSR count). The number of aliphatic hydroxyl groups excluding tert-OH is 2. The van der Waals surface area contributed by atoms with Gasteiger partial charge in [-0.2, -0.15) is 4.98 Å². The summed E-state index contributed by atoms with van der Waals surface area (Å²) in [4.78, 5) is 22.0. The van der Waals surface area contributed by atoms with E-state index in [1.54, 1.807) is 0 Å². The molecule has 0 spiro atoms. The molecular formula is C12H16FN5O3. The van der Waals surface area contributed by atoms with Crippen molar-refractivity contribution in [3.63, 3.8) is 0 Å². The second kappa shape index (κ2) is 4.50. The fourth-order valence-corrected chi connectivity index (χ4v) is 3.04. The summed E-state index contributed by atoms with van der Waals surface area (Å²) in [6, 6.07) is -0.789. The Kier molecular flexibility index (Phi) is 2.99. The minimum atomic E-state index is -1.97. The van der Waals surface area contributed by atoms with E-state index in [1.165, 1.54) is 17.8 Å². The smallest absolute Gasteiger partial charge is 0.280 e. The van der Waals surface area contributed by atoms with Crippen LogP contribution in [0.1, 0.15) is 19.4 Å². The van der Waals surface area contributed by atoms with Crippen molar-refractivity contribution in [1.82, 2.24) is 19.5 Å². The Bertz CT molecular complexity index is 740. The maximum atomic E-state index is 14.8. The molecule has 0 amide bonds. The second-order valence-electron chi connectivity index (χ2n) is 5.57. The number of hydrogen-bond donors (Lipinski definition) is 4. The third kappa shape index (κ3) is 1.92. The molecule has 8 nitrogen and oxygen atoms in total. The molecule has 4 atom stereocenters. The highest BCUT2D eigenvalue weighted by Gasteiger charge is 2.53. The molecule has 9 heteroatoms. The van der Waals surface area contributed by atoms with E-state index in [9.17, 15) is 19.4 Å². The Morgan fingerprint density at radius 3 is 3.00 bits per heavy atom. The number of nitrogens with zero attached hydrogens (tertiary/aromatic N) is 3. The van der Waals surface area contributed by atoms with Crippen LogP contribution in [0.2, 0.25) is 0 Å². The minimum Gasteiger partial charge on any atom is -0.396 e. The molecule has 1 aliphatic carbocycles. The Labute approximate surface area is 118 Å². The summed E-state index contributed by atoms with van der Waals surface area (Å²) >= 11 is 0. The molecule has 1 fully saturated rings. The van der Waals surface area contributed by atoms with E-state index >= 15 is 0 Å². The van der Waals surface area contributed by atoms with Crippen molar-refractivity contribution in [2.45, 2.75) is 31.2 Å². The normalized spacial score (nSPS) is 32.9. The largest absolute Gasteiger partial charge is 0.396 e. The predicted molar refractivity (Wildman–Crippen MR) is 72.3 cm³/mol. The molecule has 0 radical (unpaired) electrons. The van der Waals surface area contributed by atoms with E-state index in [0.717, 1.165) is 0 Å². The number of aromatic nitrogens is 4. The van der Waals surface area contributed by atoms with Gasteiger partial charge < -0.3 is 20.5 Å². The number of fused-ring (bicyclic) bond motifs is 1. The minimum absolute atomic E-state index is 0.0574. The van der Waals surface area contributed by atoms with Crippen molar-refractivity contribution in [1.29, 1.82) is 0 Å². The molecule has 0 aromatic carbocycles. The lowest BCUT2D eigenvalue weighted by atomic mass is 9.98. The van der Waals surface area contributed by atoms with Crippen LogP contribution in [0.25, 0.3) is 11.2 Å². The molecule has 5 N–H and O–H groups in total. The van der Waals surface area contributed by atoms with Crippen molar-refractivity contribution < 1.29 is 14.6 Å². The third-order valence-corrected chi connectivity index (χ3v) is 4.22. The first kappa shape index (κ1) is 14.0. The SMILES string of the molecule is C[C@@]1(F)C(O)[C@@H](CO)C[C@H]1n1cnc2c(=O)[nH]c(N)nc21. The van der Waals surface area contributed by atoms with Crippen LogP contribution in [0, 0.1) is 5.92 Å². The van der Waals surface area contributed by atoms with Gasteiger partial charge in [-0.3, -0.25) is 9.78 Å². The lowest BCUT2D eigenvalue weighted by molar-refractivity contribution is -0.0197. The van der Waals surface area contributed by atoms with Gasteiger partial charge in [0.25, 0.3) is 5.56 Å². The van der Waals surface area contributed by atoms with Crippen LogP contribution >= 0.6 is 0 Å². The molecule has 0 saturated heterocycles. The van der Waals surface area contributed by atoms with Crippen LogP contribution in [0.3, 0.4) is 0 Å². The van der Waals surface area contributed by atoms with Gasteiger partial charge >= 0.3 is 0 Å².